The third-order valence-electron chi connectivity index (χ3n) is 7.60. The Kier molecular flexibility index (Phi) is 6.19. The number of H-pyrrole nitrogens is 1. The van der Waals surface area contributed by atoms with Crippen LogP contribution in [0, 0.1) is 0 Å². The van der Waals surface area contributed by atoms with E-state index in [1.54, 1.807) is 6.20 Å². The molecule has 2 aliphatic heterocycles. The molecule has 8 nitrogen and oxygen atoms in total. The average molecular weight is 485 g/mol. The van der Waals surface area contributed by atoms with Crippen molar-refractivity contribution in [3.8, 4) is 0 Å². The Hall–Kier alpha value is -3.65. The maximum atomic E-state index is 12.2. The molecule has 1 aromatic heterocycles. The van der Waals surface area contributed by atoms with Crippen molar-refractivity contribution in [2.75, 3.05) is 31.2 Å². The Balaban J connectivity index is 1.21. The third-order valence-corrected chi connectivity index (χ3v) is 7.60. The van der Waals surface area contributed by atoms with Gasteiger partial charge in [0.1, 0.15) is 5.69 Å². The van der Waals surface area contributed by atoms with Crippen LogP contribution >= 0.6 is 0 Å². The monoisotopic (exact) mass is 484 g/mol. The highest BCUT2D eigenvalue weighted by molar-refractivity contribution is 5.98. The zero-order valence-electron chi connectivity index (χ0n) is 20.4. The predicted molar refractivity (Wildman–Crippen MR) is 138 cm³/mol. The minimum atomic E-state index is -0.904. The number of aliphatic carboxylic acids is 1. The number of nitrogens with one attached hydrogen (secondary N) is 1. The second-order valence-electron chi connectivity index (χ2n) is 10.1. The van der Waals surface area contributed by atoms with Gasteiger partial charge in [0.15, 0.2) is 0 Å². The van der Waals surface area contributed by atoms with E-state index in [1.807, 2.05) is 0 Å². The number of aromatic amines is 1. The van der Waals surface area contributed by atoms with Gasteiger partial charge in [-0.2, -0.15) is 0 Å². The highest BCUT2D eigenvalue weighted by Crippen LogP contribution is 2.43. The van der Waals surface area contributed by atoms with Crippen LogP contribution in [-0.4, -0.2) is 68.6 Å². The quantitative estimate of drug-likeness (QED) is 0.501. The molecule has 8 heteroatoms. The fourth-order valence-corrected chi connectivity index (χ4v) is 5.63. The van der Waals surface area contributed by atoms with Crippen molar-refractivity contribution in [3.63, 3.8) is 0 Å². The first kappa shape index (κ1) is 22.8. The molecule has 2 fully saturated rings. The van der Waals surface area contributed by atoms with Gasteiger partial charge in [-0.15, -0.1) is 5.10 Å². The molecule has 186 valence electrons. The first-order valence-corrected chi connectivity index (χ1v) is 12.9. The molecule has 1 saturated carbocycles. The van der Waals surface area contributed by atoms with Crippen LogP contribution in [0.4, 0.5) is 5.69 Å². The minimum Gasteiger partial charge on any atom is -0.478 e. The van der Waals surface area contributed by atoms with Gasteiger partial charge in [0.25, 0.3) is 0 Å². The zero-order chi connectivity index (χ0) is 24.5. The van der Waals surface area contributed by atoms with Crippen LogP contribution in [0.1, 0.15) is 48.4 Å². The molecule has 3 aliphatic rings. The van der Waals surface area contributed by atoms with E-state index < -0.39 is 5.97 Å². The minimum absolute atomic E-state index is 0.292. The van der Waals surface area contributed by atoms with E-state index in [4.69, 9.17) is 0 Å². The number of nitrogens with zero attached hydrogens (tertiary/aromatic N) is 5. The van der Waals surface area contributed by atoms with Crippen LogP contribution in [0.2, 0.25) is 0 Å². The lowest BCUT2D eigenvalue weighted by Crippen LogP contribution is -2.39. The Morgan fingerprint density at radius 1 is 1.08 bits per heavy atom. The summed E-state index contributed by atoms with van der Waals surface area (Å²) in [6.07, 6.45) is 7.22. The number of benzene rings is 2. The van der Waals surface area contributed by atoms with Gasteiger partial charge >= 0.3 is 5.97 Å². The van der Waals surface area contributed by atoms with Crippen molar-refractivity contribution in [1.29, 1.82) is 0 Å². The SMILES string of the molecule is O=C(O)C1=C(c2c[nH]nn2)N(C2CC2)N(c2cccc(C3CCCN(CCc4ccccc4)C3)c2)C1. The predicted octanol–water partition coefficient (Wildman–Crippen LogP) is 3.92. The van der Waals surface area contributed by atoms with E-state index in [0.29, 0.717) is 35.5 Å². The highest BCUT2D eigenvalue weighted by atomic mass is 16.4. The van der Waals surface area contributed by atoms with Crippen molar-refractivity contribution in [2.45, 2.75) is 44.1 Å². The van der Waals surface area contributed by atoms with Crippen molar-refractivity contribution >= 4 is 17.4 Å². The number of piperidine rings is 1. The van der Waals surface area contributed by atoms with Gasteiger partial charge in [0.2, 0.25) is 0 Å². The zero-order valence-corrected chi connectivity index (χ0v) is 20.4. The summed E-state index contributed by atoms with van der Waals surface area (Å²) in [5.74, 6) is -0.424. The number of carboxylic acids is 1. The summed E-state index contributed by atoms with van der Waals surface area (Å²) in [6, 6.07) is 19.7. The molecule has 1 saturated heterocycles. The molecule has 0 radical (unpaired) electrons. The molecule has 2 N–H and O–H groups in total. The Bertz CT molecular complexity index is 1240. The van der Waals surface area contributed by atoms with Crippen LogP contribution in [0.25, 0.3) is 5.70 Å². The van der Waals surface area contributed by atoms with E-state index >= 15 is 0 Å². The van der Waals surface area contributed by atoms with Gasteiger partial charge < -0.3 is 10.0 Å². The van der Waals surface area contributed by atoms with Gasteiger partial charge in [-0.25, -0.2) is 4.79 Å². The summed E-state index contributed by atoms with van der Waals surface area (Å²) in [7, 11) is 0. The molecular formula is C28H32N6O2. The summed E-state index contributed by atoms with van der Waals surface area (Å²) in [5, 5.41) is 25.0. The lowest BCUT2D eigenvalue weighted by molar-refractivity contribution is -0.132. The number of rotatable bonds is 8. The number of carboxylic acid groups (broad SMARTS) is 1. The van der Waals surface area contributed by atoms with Gasteiger partial charge in [-0.1, -0.05) is 47.7 Å². The summed E-state index contributed by atoms with van der Waals surface area (Å²) in [5.41, 5.74) is 5.37. The van der Waals surface area contributed by atoms with E-state index in [2.05, 4.69) is 84.9 Å². The summed E-state index contributed by atoms with van der Waals surface area (Å²) >= 11 is 0. The van der Waals surface area contributed by atoms with Gasteiger partial charge in [0.05, 0.1) is 35.7 Å². The molecule has 0 spiro atoms. The molecule has 1 atom stereocenters. The van der Waals surface area contributed by atoms with Crippen molar-refractivity contribution < 1.29 is 9.90 Å². The van der Waals surface area contributed by atoms with Crippen LogP contribution < -0.4 is 5.01 Å². The van der Waals surface area contributed by atoms with Crippen LogP contribution in [0.3, 0.4) is 0 Å². The molecule has 0 bridgehead atoms. The van der Waals surface area contributed by atoms with Crippen molar-refractivity contribution in [2.24, 2.45) is 0 Å². The first-order valence-electron chi connectivity index (χ1n) is 12.9. The highest BCUT2D eigenvalue weighted by Gasteiger charge is 2.43. The summed E-state index contributed by atoms with van der Waals surface area (Å²) < 4.78 is 0. The van der Waals surface area contributed by atoms with E-state index in [0.717, 1.165) is 44.6 Å². The molecule has 3 aromatic rings. The second-order valence-corrected chi connectivity index (χ2v) is 10.1. The van der Waals surface area contributed by atoms with Crippen LogP contribution in [0.15, 0.2) is 66.4 Å². The maximum absolute atomic E-state index is 12.2. The van der Waals surface area contributed by atoms with Crippen molar-refractivity contribution in [3.05, 3.63) is 83.2 Å². The maximum Gasteiger partial charge on any atom is 0.335 e. The Labute approximate surface area is 211 Å². The number of hydrogen-bond acceptors (Lipinski definition) is 6. The van der Waals surface area contributed by atoms with E-state index in [-0.39, 0.29) is 0 Å². The standard InChI is InChI=1S/C28H32N6O2/c35-28(36)25-19-33(34(23-11-12-23)27(25)26-17-29-31-30-26)24-10-4-8-21(16-24)22-9-5-14-32(18-22)15-13-20-6-2-1-3-7-20/h1-4,6-8,10,16-17,22-23H,5,9,11-15,18-19H2,(H,35,36)(H,29,30,31). The van der Waals surface area contributed by atoms with Gasteiger partial charge in [-0.05, 0) is 67.8 Å². The van der Waals surface area contributed by atoms with E-state index in [9.17, 15) is 9.90 Å². The smallest absolute Gasteiger partial charge is 0.335 e. The fraction of sp³-hybridized carbons (Fsp3) is 0.393. The number of hydrogen-bond donors (Lipinski definition) is 2. The van der Waals surface area contributed by atoms with Gasteiger partial charge in [-0.3, -0.25) is 15.1 Å². The normalized spacial score (nSPS) is 20.8. The van der Waals surface area contributed by atoms with E-state index in [1.165, 1.54) is 24.0 Å². The number of carbonyl (C=O) groups is 1. The molecule has 1 unspecified atom stereocenters. The number of likely N-dealkylation sites (tertiary alicyclic amines) is 1. The first-order chi connectivity index (χ1) is 17.7. The number of hydrazine groups is 1. The number of aromatic nitrogens is 3. The molecule has 3 heterocycles. The molecular weight excluding hydrogens is 452 g/mol. The van der Waals surface area contributed by atoms with Crippen molar-refractivity contribution in [1.82, 2.24) is 25.3 Å². The molecule has 36 heavy (non-hydrogen) atoms. The lowest BCUT2D eigenvalue weighted by atomic mass is 9.90. The third kappa shape index (κ3) is 4.60. The summed E-state index contributed by atoms with van der Waals surface area (Å²) in [6.45, 7) is 3.61. The molecule has 6 rings (SSSR count). The van der Waals surface area contributed by atoms with Crippen LogP contribution in [0.5, 0.6) is 0 Å². The Morgan fingerprint density at radius 2 is 1.94 bits per heavy atom. The average Bonchev–Trinajstić information content (AvgIpc) is 3.45. The topological polar surface area (TPSA) is 88.6 Å². The number of anilines is 1. The fourth-order valence-electron chi connectivity index (χ4n) is 5.63. The van der Waals surface area contributed by atoms with Gasteiger partial charge in [0, 0.05) is 13.1 Å². The van der Waals surface area contributed by atoms with Crippen LogP contribution in [-0.2, 0) is 11.2 Å². The Morgan fingerprint density at radius 3 is 2.69 bits per heavy atom. The lowest BCUT2D eigenvalue weighted by Gasteiger charge is -2.35. The molecule has 1 aliphatic carbocycles. The largest absolute Gasteiger partial charge is 0.478 e. The second kappa shape index (κ2) is 9.78. The molecule has 0 amide bonds. The summed E-state index contributed by atoms with van der Waals surface area (Å²) in [4.78, 5) is 14.8. The molecule has 2 aromatic carbocycles.